The van der Waals surface area contributed by atoms with E-state index in [0.717, 1.165) is 11.0 Å². The lowest BCUT2D eigenvalue weighted by molar-refractivity contribution is 0.615. The molecule has 5 rings (SSSR count). The largest absolute Gasteiger partial charge is 0.449 e. The summed E-state index contributed by atoms with van der Waals surface area (Å²) in [5.41, 5.74) is 10.3. The van der Waals surface area contributed by atoms with E-state index in [2.05, 4.69) is 115 Å². The van der Waals surface area contributed by atoms with Crippen molar-refractivity contribution < 1.29 is 5.02 Å². The van der Waals surface area contributed by atoms with Gasteiger partial charge in [-0.1, -0.05) is 121 Å². The molecule has 0 bridgehead atoms. The van der Waals surface area contributed by atoms with Crippen molar-refractivity contribution in [2.75, 3.05) is 0 Å². The van der Waals surface area contributed by atoms with Gasteiger partial charge in [0.15, 0.2) is 0 Å². The van der Waals surface area contributed by atoms with Crippen LogP contribution in [0.1, 0.15) is 0 Å². The first-order valence-corrected chi connectivity index (χ1v) is 10.9. The second kappa shape index (κ2) is 9.09. The molecule has 0 saturated heterocycles. The highest BCUT2D eigenvalue weighted by atomic mass is 16.2. The first-order chi connectivity index (χ1) is 15.8. The van der Waals surface area contributed by atoms with Crippen LogP contribution in [-0.2, 0) is 0 Å². The van der Waals surface area contributed by atoms with Crippen molar-refractivity contribution >= 4 is 12.9 Å². The number of hydrogen-bond donors (Lipinski definition) is 1. The molecule has 1 N–H and O–H groups in total. The molecule has 0 aliphatic carbocycles. The summed E-state index contributed by atoms with van der Waals surface area (Å²) in [6.45, 7) is 0. The van der Waals surface area contributed by atoms with Gasteiger partial charge >= 0.3 is 7.48 Å². The third-order valence-electron chi connectivity index (χ3n) is 5.81. The highest BCUT2D eigenvalue weighted by Gasteiger charge is 2.17. The molecule has 2 heteroatoms. The molecule has 5 aromatic carbocycles. The molecule has 0 saturated carbocycles. The van der Waals surface area contributed by atoms with E-state index in [1.165, 1.54) is 38.9 Å². The molecule has 0 fully saturated rings. The molecule has 5 aromatic rings. The summed E-state index contributed by atoms with van der Waals surface area (Å²) in [5, 5.41) is 9.77. The third-order valence-corrected chi connectivity index (χ3v) is 5.81. The van der Waals surface area contributed by atoms with Crippen LogP contribution in [0.25, 0.3) is 44.5 Å². The summed E-state index contributed by atoms with van der Waals surface area (Å²) in [6.07, 6.45) is 0. The summed E-state index contributed by atoms with van der Waals surface area (Å²) < 4.78 is 0. The van der Waals surface area contributed by atoms with Gasteiger partial charge in [-0.05, 0) is 56.6 Å². The molecule has 32 heavy (non-hydrogen) atoms. The van der Waals surface area contributed by atoms with Crippen molar-refractivity contribution in [3.8, 4) is 44.5 Å². The van der Waals surface area contributed by atoms with E-state index in [4.69, 9.17) is 0 Å². The van der Waals surface area contributed by atoms with E-state index in [1.807, 2.05) is 12.1 Å². The van der Waals surface area contributed by atoms with Gasteiger partial charge in [0, 0.05) is 0 Å². The Morgan fingerprint density at radius 1 is 0.406 bits per heavy atom. The Morgan fingerprint density at radius 2 is 0.875 bits per heavy atom. The minimum Gasteiger partial charge on any atom is -0.449 e. The van der Waals surface area contributed by atoms with E-state index >= 15 is 0 Å². The molecule has 0 heterocycles. The lowest BCUT2D eigenvalue weighted by Gasteiger charge is -2.19. The Kier molecular flexibility index (Phi) is 5.70. The van der Waals surface area contributed by atoms with Crippen molar-refractivity contribution in [1.29, 1.82) is 0 Å². The van der Waals surface area contributed by atoms with Crippen molar-refractivity contribution in [3.05, 3.63) is 127 Å². The van der Waals surface area contributed by atoms with Crippen LogP contribution >= 0.6 is 0 Å². The van der Waals surface area contributed by atoms with Gasteiger partial charge in [0.1, 0.15) is 0 Å². The zero-order valence-electron chi connectivity index (χ0n) is 17.8. The second-order valence-corrected chi connectivity index (χ2v) is 7.90. The Balaban J connectivity index is 1.87. The van der Waals surface area contributed by atoms with E-state index < -0.39 is 0 Å². The monoisotopic (exact) mass is 410 g/mol. The zero-order valence-corrected chi connectivity index (χ0v) is 17.8. The predicted octanol–water partition coefficient (Wildman–Crippen LogP) is 6.32. The summed E-state index contributed by atoms with van der Waals surface area (Å²) in [6, 6.07) is 44.4. The Bertz CT molecular complexity index is 1270. The number of benzene rings is 5. The average molecular weight is 410 g/mol. The van der Waals surface area contributed by atoms with Crippen molar-refractivity contribution in [2.45, 2.75) is 0 Å². The third kappa shape index (κ3) is 4.01. The van der Waals surface area contributed by atoms with E-state index in [0.29, 0.717) is 0 Å². The van der Waals surface area contributed by atoms with Gasteiger partial charge in [-0.2, -0.15) is 0 Å². The van der Waals surface area contributed by atoms with Gasteiger partial charge < -0.3 is 5.02 Å². The van der Waals surface area contributed by atoms with Crippen LogP contribution in [0.5, 0.6) is 0 Å². The van der Waals surface area contributed by atoms with Crippen molar-refractivity contribution in [1.82, 2.24) is 0 Å². The highest BCUT2D eigenvalue weighted by Crippen LogP contribution is 2.42. The minimum absolute atomic E-state index is 0.0251. The summed E-state index contributed by atoms with van der Waals surface area (Å²) >= 11 is 0. The lowest BCUT2D eigenvalue weighted by Crippen LogP contribution is -2.12. The highest BCUT2D eigenvalue weighted by molar-refractivity contribution is 6.45. The molecule has 0 aromatic heterocycles. The van der Waals surface area contributed by atoms with Crippen molar-refractivity contribution in [3.63, 3.8) is 0 Å². The van der Waals surface area contributed by atoms with Crippen LogP contribution in [0, 0.1) is 0 Å². The summed E-state index contributed by atoms with van der Waals surface area (Å²) in [4.78, 5) is 0. The minimum atomic E-state index is 0.0251. The number of rotatable bonds is 5. The molecule has 1 nitrogen and oxygen atoms in total. The van der Waals surface area contributed by atoms with Gasteiger partial charge in [-0.25, -0.2) is 0 Å². The van der Waals surface area contributed by atoms with Gasteiger partial charge in [0.05, 0.1) is 0 Å². The normalized spacial score (nSPS) is 10.7. The maximum Gasteiger partial charge on any atom is 0.304 e. The van der Waals surface area contributed by atoms with Crippen LogP contribution in [0.2, 0.25) is 0 Å². The molecule has 0 atom stereocenters. The first-order valence-electron chi connectivity index (χ1n) is 10.9. The number of hydrogen-bond acceptors (Lipinski definition) is 1. The molecule has 0 spiro atoms. The van der Waals surface area contributed by atoms with E-state index in [-0.39, 0.29) is 7.48 Å². The summed E-state index contributed by atoms with van der Waals surface area (Å²) in [5.74, 6) is 0. The second-order valence-electron chi connectivity index (χ2n) is 7.90. The molecule has 0 amide bonds. The predicted molar refractivity (Wildman–Crippen MR) is 137 cm³/mol. The maximum absolute atomic E-state index is 9.77. The molecule has 0 aliphatic heterocycles. The van der Waals surface area contributed by atoms with Gasteiger partial charge in [0.25, 0.3) is 0 Å². The zero-order chi connectivity index (χ0) is 21.8. The molecule has 152 valence electrons. The van der Waals surface area contributed by atoms with Gasteiger partial charge in [-0.3, -0.25) is 0 Å². The van der Waals surface area contributed by atoms with Gasteiger partial charge in [-0.15, -0.1) is 0 Å². The molecular weight excluding hydrogens is 387 g/mol. The van der Waals surface area contributed by atoms with Crippen LogP contribution < -0.4 is 5.46 Å². The fourth-order valence-electron chi connectivity index (χ4n) is 4.27. The quantitative estimate of drug-likeness (QED) is 0.336. The molecule has 0 radical (unpaired) electrons. The Morgan fingerprint density at radius 3 is 1.38 bits per heavy atom. The smallest absolute Gasteiger partial charge is 0.304 e. The first kappa shape index (κ1) is 20.1. The SMILES string of the molecule is OBc1cccc(-c2c(-c3ccccc3)cc(-c3ccccc3)cc2-c2ccccc2)c1. The lowest BCUT2D eigenvalue weighted by atomic mass is 9.81. The Hall–Kier alpha value is -3.88. The van der Waals surface area contributed by atoms with E-state index in [9.17, 15) is 5.02 Å². The van der Waals surface area contributed by atoms with Gasteiger partial charge in [0.2, 0.25) is 0 Å². The maximum atomic E-state index is 9.77. The van der Waals surface area contributed by atoms with Crippen LogP contribution in [-0.4, -0.2) is 12.5 Å². The van der Waals surface area contributed by atoms with Crippen LogP contribution in [0.4, 0.5) is 0 Å². The average Bonchev–Trinajstić information content (AvgIpc) is 2.89. The fourth-order valence-corrected chi connectivity index (χ4v) is 4.27. The van der Waals surface area contributed by atoms with E-state index in [1.54, 1.807) is 0 Å². The molecule has 0 unspecified atom stereocenters. The fraction of sp³-hybridized carbons (Fsp3) is 0. The molecule has 0 aliphatic rings. The van der Waals surface area contributed by atoms with Crippen LogP contribution in [0.15, 0.2) is 127 Å². The van der Waals surface area contributed by atoms with Crippen molar-refractivity contribution in [2.24, 2.45) is 0 Å². The van der Waals surface area contributed by atoms with Crippen LogP contribution in [0.3, 0.4) is 0 Å². The topological polar surface area (TPSA) is 20.2 Å². The Labute approximate surface area is 189 Å². The summed E-state index contributed by atoms with van der Waals surface area (Å²) in [7, 11) is 0.0251. The standard InChI is InChI=1S/C30H23BO/c32-31-27-18-10-17-25(19-27)30-28(23-13-6-2-7-14-23)20-26(22-11-4-1-5-12-22)21-29(30)24-15-8-3-9-16-24/h1-21,31-32H. The molecular formula is C30H23BO.